The third-order valence-electron chi connectivity index (χ3n) is 5.51. The molecule has 2 aliphatic heterocycles. The summed E-state index contributed by atoms with van der Waals surface area (Å²) in [5, 5.41) is 0. The number of piperidine rings is 1. The number of methoxy groups -OCH3 is 1. The quantitative estimate of drug-likeness (QED) is 0.787. The average molecular weight is 388 g/mol. The molecule has 1 aromatic heterocycles. The molecule has 2 unspecified atom stereocenters. The molecule has 2 saturated heterocycles. The van der Waals surface area contributed by atoms with Crippen molar-refractivity contribution in [2.24, 2.45) is 0 Å². The predicted octanol–water partition coefficient (Wildman–Crippen LogP) is 3.16. The standard InChI is InChI=1S/C20H24N2O4S/c1-14-5-8-17(25-2)12-20(14)27(23,24)22-15-6-7-16(22)11-19(10-15)26-18-4-3-9-21-13-18/h3-5,8-9,12-13,15-16,19H,6-7,10-11H2,1-2H3. The van der Waals surface area contributed by atoms with Crippen molar-refractivity contribution < 1.29 is 17.9 Å². The van der Waals surface area contributed by atoms with Gasteiger partial charge in [0.2, 0.25) is 10.0 Å². The normalized spacial score (nSPS) is 25.3. The Bertz CT molecular complexity index is 903. The van der Waals surface area contributed by atoms with E-state index in [-0.39, 0.29) is 18.2 Å². The Hall–Kier alpha value is -2.12. The molecule has 0 aliphatic carbocycles. The first-order chi connectivity index (χ1) is 13.0. The summed E-state index contributed by atoms with van der Waals surface area (Å²) in [5.41, 5.74) is 0.740. The van der Waals surface area contributed by atoms with Crippen molar-refractivity contribution in [2.75, 3.05) is 7.11 Å². The van der Waals surface area contributed by atoms with Crippen LogP contribution in [0.4, 0.5) is 0 Å². The number of benzene rings is 1. The molecule has 0 radical (unpaired) electrons. The van der Waals surface area contributed by atoms with Gasteiger partial charge in [-0.05, 0) is 43.5 Å². The summed E-state index contributed by atoms with van der Waals surface area (Å²) >= 11 is 0. The van der Waals surface area contributed by atoms with E-state index in [0.29, 0.717) is 23.5 Å². The lowest BCUT2D eigenvalue weighted by Crippen LogP contribution is -2.49. The number of nitrogens with zero attached hydrogens (tertiary/aromatic N) is 2. The first-order valence-electron chi connectivity index (χ1n) is 9.24. The molecule has 0 spiro atoms. The highest BCUT2D eigenvalue weighted by Crippen LogP contribution is 2.41. The van der Waals surface area contributed by atoms with Gasteiger partial charge in [0.25, 0.3) is 0 Å². The number of aryl methyl sites for hydroxylation is 1. The second-order valence-electron chi connectivity index (χ2n) is 7.25. The fraction of sp³-hybridized carbons (Fsp3) is 0.450. The monoisotopic (exact) mass is 388 g/mol. The van der Waals surface area contributed by atoms with E-state index in [4.69, 9.17) is 9.47 Å². The van der Waals surface area contributed by atoms with Crippen LogP contribution in [0.25, 0.3) is 0 Å². The Morgan fingerprint density at radius 2 is 1.85 bits per heavy atom. The van der Waals surface area contributed by atoms with Crippen LogP contribution in [0.5, 0.6) is 11.5 Å². The Labute approximate surface area is 160 Å². The minimum atomic E-state index is -3.57. The first-order valence-corrected chi connectivity index (χ1v) is 10.7. The third kappa shape index (κ3) is 3.41. The van der Waals surface area contributed by atoms with E-state index in [1.165, 1.54) is 0 Å². The second-order valence-corrected chi connectivity index (χ2v) is 9.06. The largest absolute Gasteiger partial charge is 0.497 e. The van der Waals surface area contributed by atoms with Crippen LogP contribution in [0.1, 0.15) is 31.2 Å². The van der Waals surface area contributed by atoms with Crippen LogP contribution in [-0.2, 0) is 10.0 Å². The van der Waals surface area contributed by atoms with Gasteiger partial charge < -0.3 is 9.47 Å². The van der Waals surface area contributed by atoms with Crippen molar-refractivity contribution in [3.63, 3.8) is 0 Å². The van der Waals surface area contributed by atoms with Gasteiger partial charge in [-0.3, -0.25) is 4.98 Å². The van der Waals surface area contributed by atoms with Gasteiger partial charge >= 0.3 is 0 Å². The minimum absolute atomic E-state index is 0.0181. The van der Waals surface area contributed by atoms with E-state index < -0.39 is 10.0 Å². The van der Waals surface area contributed by atoms with Crippen LogP contribution in [0.3, 0.4) is 0 Å². The SMILES string of the molecule is COc1ccc(C)c(S(=O)(=O)N2C3CCC2CC(Oc2cccnc2)C3)c1. The number of hydrogen-bond acceptors (Lipinski definition) is 5. The number of sulfonamides is 1. The summed E-state index contributed by atoms with van der Waals surface area (Å²) in [5.74, 6) is 1.29. The summed E-state index contributed by atoms with van der Waals surface area (Å²) in [6.45, 7) is 1.83. The lowest BCUT2D eigenvalue weighted by atomic mass is 10.0. The van der Waals surface area contributed by atoms with Gasteiger partial charge in [-0.25, -0.2) is 8.42 Å². The average Bonchev–Trinajstić information content (AvgIpc) is 2.95. The molecule has 144 valence electrons. The Morgan fingerprint density at radius 1 is 1.11 bits per heavy atom. The van der Waals surface area contributed by atoms with Crippen molar-refractivity contribution in [2.45, 2.75) is 55.7 Å². The molecule has 2 aromatic rings. The molecule has 3 heterocycles. The van der Waals surface area contributed by atoms with Gasteiger partial charge in [-0.1, -0.05) is 6.07 Å². The smallest absolute Gasteiger partial charge is 0.243 e. The first kappa shape index (κ1) is 18.3. The summed E-state index contributed by atoms with van der Waals surface area (Å²) in [7, 11) is -2.02. The van der Waals surface area contributed by atoms with Gasteiger partial charge in [0.15, 0.2) is 0 Å². The third-order valence-corrected chi connectivity index (χ3v) is 7.66. The molecule has 2 fully saturated rings. The summed E-state index contributed by atoms with van der Waals surface area (Å²) in [6, 6.07) is 8.89. The zero-order valence-electron chi connectivity index (χ0n) is 15.5. The van der Waals surface area contributed by atoms with E-state index in [0.717, 1.165) is 24.2 Å². The van der Waals surface area contributed by atoms with Gasteiger partial charge in [0.05, 0.1) is 18.2 Å². The maximum absolute atomic E-state index is 13.4. The van der Waals surface area contributed by atoms with Gasteiger partial charge in [0, 0.05) is 37.2 Å². The van der Waals surface area contributed by atoms with E-state index in [2.05, 4.69) is 4.98 Å². The Balaban J connectivity index is 1.57. The van der Waals surface area contributed by atoms with Gasteiger partial charge in [0.1, 0.15) is 17.6 Å². The molecule has 0 N–H and O–H groups in total. The number of fused-ring (bicyclic) bond motifs is 2. The van der Waals surface area contributed by atoms with Crippen LogP contribution in [-0.4, -0.2) is 43.0 Å². The van der Waals surface area contributed by atoms with E-state index in [1.807, 2.05) is 19.1 Å². The highest BCUT2D eigenvalue weighted by Gasteiger charge is 2.48. The van der Waals surface area contributed by atoms with Crippen LogP contribution in [0, 0.1) is 6.92 Å². The van der Waals surface area contributed by atoms with Crippen molar-refractivity contribution in [3.8, 4) is 11.5 Å². The second kappa shape index (κ2) is 7.13. The molecule has 7 heteroatoms. The van der Waals surface area contributed by atoms with Crippen molar-refractivity contribution in [1.82, 2.24) is 9.29 Å². The highest BCUT2D eigenvalue weighted by atomic mass is 32.2. The zero-order chi connectivity index (χ0) is 19.0. The summed E-state index contributed by atoms with van der Waals surface area (Å²) in [4.78, 5) is 4.42. The Morgan fingerprint density at radius 3 is 2.48 bits per heavy atom. The fourth-order valence-corrected chi connectivity index (χ4v) is 6.42. The summed E-state index contributed by atoms with van der Waals surface area (Å²) in [6.07, 6.45) is 6.58. The zero-order valence-corrected chi connectivity index (χ0v) is 16.4. The maximum atomic E-state index is 13.4. The van der Waals surface area contributed by atoms with Gasteiger partial charge in [-0.15, -0.1) is 0 Å². The lowest BCUT2D eigenvalue weighted by Gasteiger charge is -2.38. The number of pyridine rings is 1. The Kier molecular flexibility index (Phi) is 4.82. The molecule has 1 aromatic carbocycles. The molecule has 6 nitrogen and oxygen atoms in total. The number of rotatable bonds is 5. The molecular weight excluding hydrogens is 364 g/mol. The fourth-order valence-electron chi connectivity index (χ4n) is 4.28. The molecule has 27 heavy (non-hydrogen) atoms. The molecule has 0 amide bonds. The molecule has 2 atom stereocenters. The van der Waals surface area contributed by atoms with Crippen LogP contribution >= 0.6 is 0 Å². The lowest BCUT2D eigenvalue weighted by molar-refractivity contribution is 0.0953. The molecule has 2 bridgehead atoms. The maximum Gasteiger partial charge on any atom is 0.243 e. The van der Waals surface area contributed by atoms with E-state index in [9.17, 15) is 8.42 Å². The molecule has 0 saturated carbocycles. The summed E-state index contributed by atoms with van der Waals surface area (Å²) < 4.78 is 39.9. The van der Waals surface area contributed by atoms with E-state index in [1.54, 1.807) is 42.0 Å². The topological polar surface area (TPSA) is 68.7 Å². The predicted molar refractivity (Wildman–Crippen MR) is 101 cm³/mol. The number of ether oxygens (including phenoxy) is 2. The molecular formula is C20H24N2O4S. The van der Waals surface area contributed by atoms with Crippen LogP contribution in [0.2, 0.25) is 0 Å². The van der Waals surface area contributed by atoms with Crippen LogP contribution < -0.4 is 9.47 Å². The van der Waals surface area contributed by atoms with E-state index >= 15 is 0 Å². The van der Waals surface area contributed by atoms with Crippen molar-refractivity contribution >= 4 is 10.0 Å². The van der Waals surface area contributed by atoms with Crippen LogP contribution in [0.15, 0.2) is 47.6 Å². The minimum Gasteiger partial charge on any atom is -0.497 e. The highest BCUT2D eigenvalue weighted by molar-refractivity contribution is 7.89. The molecule has 4 rings (SSSR count). The van der Waals surface area contributed by atoms with Gasteiger partial charge in [-0.2, -0.15) is 4.31 Å². The molecule has 2 aliphatic rings. The number of hydrogen-bond donors (Lipinski definition) is 0. The number of aromatic nitrogens is 1. The van der Waals surface area contributed by atoms with Crippen molar-refractivity contribution in [3.05, 3.63) is 48.3 Å². The van der Waals surface area contributed by atoms with Crippen molar-refractivity contribution in [1.29, 1.82) is 0 Å².